The fourth-order valence-electron chi connectivity index (χ4n) is 4.49. The molecule has 3 aliphatic heterocycles. The van der Waals surface area contributed by atoms with Crippen molar-refractivity contribution in [3.8, 4) is 0 Å². The molecule has 146 valence electrons. The van der Waals surface area contributed by atoms with Crippen molar-refractivity contribution in [1.29, 1.82) is 0 Å². The molecule has 5 rings (SSSR count). The molecule has 2 fully saturated rings. The standard InChI is InChI=1S/C21H24BrN5O/c22-16-3-5-17(6-4-16)26-10-8-25(9-11-26)14-15-12-18-20(23-13-15)27-7-1-2-19(27)21(28)24-18/h3-6,12-13,19H,1-2,7-11,14H2,(H,24,28)/t19-/m0/s1. The SMILES string of the molecule is O=C1Nc2cc(CN3CCN(c4ccc(Br)cc4)CC3)cnc2N2CCC[C@@H]12. The largest absolute Gasteiger partial charge is 0.369 e. The van der Waals surface area contributed by atoms with Crippen molar-refractivity contribution in [1.82, 2.24) is 9.88 Å². The summed E-state index contributed by atoms with van der Waals surface area (Å²) in [5.74, 6) is 1.05. The summed E-state index contributed by atoms with van der Waals surface area (Å²) >= 11 is 3.50. The van der Waals surface area contributed by atoms with Gasteiger partial charge in [0.2, 0.25) is 5.91 Å². The van der Waals surface area contributed by atoms with E-state index in [0.717, 1.165) is 73.7 Å². The number of rotatable bonds is 3. The Morgan fingerprint density at radius 2 is 1.89 bits per heavy atom. The molecule has 0 spiro atoms. The summed E-state index contributed by atoms with van der Waals surface area (Å²) in [6, 6.07) is 10.6. The number of carbonyl (C=O) groups excluding carboxylic acids is 1. The average molecular weight is 442 g/mol. The molecule has 0 unspecified atom stereocenters. The van der Waals surface area contributed by atoms with Gasteiger partial charge in [-0.2, -0.15) is 0 Å². The van der Waals surface area contributed by atoms with Crippen LogP contribution in [0.2, 0.25) is 0 Å². The van der Waals surface area contributed by atoms with Gasteiger partial charge in [0.1, 0.15) is 6.04 Å². The van der Waals surface area contributed by atoms with Gasteiger partial charge >= 0.3 is 0 Å². The molecule has 0 aliphatic carbocycles. The number of pyridine rings is 1. The number of nitrogens with zero attached hydrogens (tertiary/aromatic N) is 4. The van der Waals surface area contributed by atoms with Crippen LogP contribution in [0.15, 0.2) is 41.0 Å². The zero-order chi connectivity index (χ0) is 19.1. The first-order chi connectivity index (χ1) is 13.7. The van der Waals surface area contributed by atoms with Gasteiger partial charge in [0.25, 0.3) is 0 Å². The molecule has 1 N–H and O–H groups in total. The first kappa shape index (κ1) is 17.9. The fraction of sp³-hybridized carbons (Fsp3) is 0.429. The highest BCUT2D eigenvalue weighted by atomic mass is 79.9. The van der Waals surface area contributed by atoms with E-state index in [4.69, 9.17) is 4.98 Å². The van der Waals surface area contributed by atoms with E-state index in [-0.39, 0.29) is 11.9 Å². The molecule has 3 aliphatic rings. The predicted octanol–water partition coefficient (Wildman–Crippen LogP) is 3.09. The second-order valence-corrected chi connectivity index (χ2v) is 8.71. The van der Waals surface area contributed by atoms with Gasteiger partial charge in [0.05, 0.1) is 5.69 Å². The van der Waals surface area contributed by atoms with E-state index < -0.39 is 0 Å². The summed E-state index contributed by atoms with van der Waals surface area (Å²) in [6.45, 7) is 5.88. The van der Waals surface area contributed by atoms with E-state index in [1.807, 2.05) is 6.20 Å². The first-order valence-corrected chi connectivity index (χ1v) is 10.8. The zero-order valence-corrected chi connectivity index (χ0v) is 17.4. The maximum Gasteiger partial charge on any atom is 0.247 e. The molecule has 7 heteroatoms. The number of anilines is 3. The third-order valence-corrected chi connectivity index (χ3v) is 6.51. The van der Waals surface area contributed by atoms with Crippen LogP contribution < -0.4 is 15.1 Å². The van der Waals surface area contributed by atoms with Crippen LogP contribution in [0, 0.1) is 0 Å². The Morgan fingerprint density at radius 3 is 2.68 bits per heavy atom. The van der Waals surface area contributed by atoms with E-state index in [1.54, 1.807) is 0 Å². The Hall–Kier alpha value is -2.12. The smallest absolute Gasteiger partial charge is 0.247 e. The van der Waals surface area contributed by atoms with Gasteiger partial charge in [0.15, 0.2) is 5.82 Å². The van der Waals surface area contributed by atoms with Crippen molar-refractivity contribution < 1.29 is 4.79 Å². The molecule has 1 atom stereocenters. The Labute approximate surface area is 173 Å². The molecular weight excluding hydrogens is 418 g/mol. The van der Waals surface area contributed by atoms with E-state index in [0.29, 0.717) is 0 Å². The first-order valence-electron chi connectivity index (χ1n) is 9.97. The Morgan fingerprint density at radius 1 is 1.11 bits per heavy atom. The molecule has 1 aromatic carbocycles. The van der Waals surface area contributed by atoms with Crippen LogP contribution in [-0.2, 0) is 11.3 Å². The number of aromatic nitrogens is 1. The van der Waals surface area contributed by atoms with Crippen LogP contribution in [0.5, 0.6) is 0 Å². The number of carbonyl (C=O) groups is 1. The van der Waals surface area contributed by atoms with Crippen LogP contribution in [-0.4, -0.2) is 54.6 Å². The van der Waals surface area contributed by atoms with Crippen molar-refractivity contribution in [3.05, 3.63) is 46.6 Å². The predicted molar refractivity (Wildman–Crippen MR) is 115 cm³/mol. The molecule has 0 bridgehead atoms. The molecule has 1 aromatic heterocycles. The molecule has 1 amide bonds. The molecule has 4 heterocycles. The summed E-state index contributed by atoms with van der Waals surface area (Å²) in [5.41, 5.74) is 3.31. The maximum atomic E-state index is 12.3. The summed E-state index contributed by atoms with van der Waals surface area (Å²) < 4.78 is 1.11. The van der Waals surface area contributed by atoms with Crippen molar-refractivity contribution in [2.45, 2.75) is 25.4 Å². The number of hydrogen-bond donors (Lipinski definition) is 1. The van der Waals surface area contributed by atoms with E-state index in [1.165, 1.54) is 5.69 Å². The number of fused-ring (bicyclic) bond motifs is 3. The summed E-state index contributed by atoms with van der Waals surface area (Å²) in [7, 11) is 0. The number of benzene rings is 1. The topological polar surface area (TPSA) is 51.7 Å². The maximum absolute atomic E-state index is 12.3. The van der Waals surface area contributed by atoms with E-state index >= 15 is 0 Å². The van der Waals surface area contributed by atoms with Gasteiger partial charge in [-0.25, -0.2) is 4.98 Å². The minimum Gasteiger partial charge on any atom is -0.369 e. The molecule has 0 saturated carbocycles. The third kappa shape index (κ3) is 3.37. The monoisotopic (exact) mass is 441 g/mol. The van der Waals surface area contributed by atoms with Gasteiger partial charge in [-0.15, -0.1) is 0 Å². The fourth-order valence-corrected chi connectivity index (χ4v) is 4.76. The Bertz CT molecular complexity index is 879. The van der Waals surface area contributed by atoms with E-state index in [2.05, 4.69) is 66.3 Å². The van der Waals surface area contributed by atoms with Crippen molar-refractivity contribution in [2.24, 2.45) is 0 Å². The van der Waals surface area contributed by atoms with Gasteiger partial charge in [-0.3, -0.25) is 9.69 Å². The normalized spacial score (nSPS) is 22.0. The number of nitrogens with one attached hydrogen (secondary N) is 1. The third-order valence-electron chi connectivity index (χ3n) is 5.98. The lowest BCUT2D eigenvalue weighted by Gasteiger charge is -2.36. The van der Waals surface area contributed by atoms with Gasteiger partial charge in [-0.05, 0) is 48.7 Å². The number of hydrogen-bond acceptors (Lipinski definition) is 5. The molecule has 0 radical (unpaired) electrons. The van der Waals surface area contributed by atoms with Gasteiger partial charge in [-0.1, -0.05) is 15.9 Å². The van der Waals surface area contributed by atoms with Gasteiger partial charge < -0.3 is 15.1 Å². The zero-order valence-electron chi connectivity index (χ0n) is 15.8. The Kier molecular flexibility index (Phi) is 4.72. The minimum absolute atomic E-state index is 0.0301. The second-order valence-electron chi connectivity index (χ2n) is 7.80. The van der Waals surface area contributed by atoms with Crippen molar-refractivity contribution >= 4 is 39.0 Å². The molecule has 28 heavy (non-hydrogen) atoms. The Balaban J connectivity index is 1.23. The summed E-state index contributed by atoms with van der Waals surface area (Å²) in [4.78, 5) is 24.1. The number of halogens is 1. The summed E-state index contributed by atoms with van der Waals surface area (Å²) in [6.07, 6.45) is 3.97. The van der Waals surface area contributed by atoms with Crippen LogP contribution in [0.3, 0.4) is 0 Å². The summed E-state index contributed by atoms with van der Waals surface area (Å²) in [5, 5.41) is 3.07. The van der Waals surface area contributed by atoms with E-state index in [9.17, 15) is 4.79 Å². The number of piperazine rings is 1. The molecule has 6 nitrogen and oxygen atoms in total. The highest BCUT2D eigenvalue weighted by Gasteiger charge is 2.37. The number of amides is 1. The van der Waals surface area contributed by atoms with Crippen LogP contribution >= 0.6 is 15.9 Å². The lowest BCUT2D eigenvalue weighted by atomic mass is 10.1. The van der Waals surface area contributed by atoms with Gasteiger partial charge in [0, 0.05) is 55.6 Å². The minimum atomic E-state index is -0.0301. The highest BCUT2D eigenvalue weighted by Crippen LogP contribution is 2.35. The van der Waals surface area contributed by atoms with Crippen LogP contribution in [0.1, 0.15) is 18.4 Å². The lowest BCUT2D eigenvalue weighted by Crippen LogP contribution is -2.46. The van der Waals surface area contributed by atoms with Crippen molar-refractivity contribution in [2.75, 3.05) is 47.8 Å². The quantitative estimate of drug-likeness (QED) is 0.792. The van der Waals surface area contributed by atoms with Crippen LogP contribution in [0.25, 0.3) is 0 Å². The second kappa shape index (κ2) is 7.37. The molecule has 2 aromatic rings. The average Bonchev–Trinajstić information content (AvgIpc) is 3.20. The van der Waals surface area contributed by atoms with Crippen LogP contribution in [0.4, 0.5) is 17.2 Å². The van der Waals surface area contributed by atoms with Crippen molar-refractivity contribution in [3.63, 3.8) is 0 Å². The molecular formula is C21H24BrN5O. The highest BCUT2D eigenvalue weighted by molar-refractivity contribution is 9.10. The lowest BCUT2D eigenvalue weighted by molar-refractivity contribution is -0.117. The molecule has 2 saturated heterocycles.